The average Bonchev–Trinajstić information content (AvgIpc) is 3.09. The second-order valence-corrected chi connectivity index (χ2v) is 8.33. The van der Waals surface area contributed by atoms with Crippen molar-refractivity contribution in [1.82, 2.24) is 4.90 Å². The number of carbonyl (C=O) groups excluding carboxylic acids is 1. The summed E-state index contributed by atoms with van der Waals surface area (Å²) in [6, 6.07) is -3.92. The van der Waals surface area contributed by atoms with Crippen molar-refractivity contribution >= 4 is 5.91 Å². The molecule has 0 aromatic heterocycles. The summed E-state index contributed by atoms with van der Waals surface area (Å²) < 4.78 is 42.1. The highest BCUT2D eigenvalue weighted by molar-refractivity contribution is 5.84. The molecule has 2 unspecified atom stereocenters. The number of hydrogen-bond acceptors (Lipinski definition) is 4. The van der Waals surface area contributed by atoms with Gasteiger partial charge in [-0.15, -0.1) is 0 Å². The molecule has 124 valence electrons. The Kier molecular flexibility index (Phi) is 1.86. The van der Waals surface area contributed by atoms with Gasteiger partial charge in [-0.25, -0.2) is 0 Å². The molecule has 1 saturated heterocycles. The molecule has 23 heavy (non-hydrogen) atoms. The molecule has 1 aliphatic heterocycles. The predicted molar refractivity (Wildman–Crippen MR) is 82.8 cm³/mol. The van der Waals surface area contributed by atoms with Gasteiger partial charge in [-0.3, -0.25) is 4.79 Å². The average molecular weight is 320 g/mol. The molecule has 1 amide bonds. The van der Waals surface area contributed by atoms with Gasteiger partial charge in [0.1, 0.15) is 6.04 Å². The van der Waals surface area contributed by atoms with Gasteiger partial charge in [0.25, 0.3) is 0 Å². The Bertz CT molecular complexity index is 815. The topological polar surface area (TPSA) is 90.4 Å². The summed E-state index contributed by atoms with van der Waals surface area (Å²) in [7, 11) is 0. The SMILES string of the molecule is [2H]C1([2H])[C@@H](C#N)N(C(=O)[C@@]([2H])(N)C23CC4CC(CC(O)(C4)C2)C3)[C@@]2([2H])C[C@@]12[2H]. The van der Waals surface area contributed by atoms with E-state index in [0.717, 1.165) is 11.3 Å². The van der Waals surface area contributed by atoms with Crippen molar-refractivity contribution in [3.05, 3.63) is 0 Å². The Hall–Kier alpha value is -1.12. The zero-order valence-corrected chi connectivity index (χ0v) is 13.0. The largest absolute Gasteiger partial charge is 0.390 e. The number of amides is 1. The van der Waals surface area contributed by atoms with E-state index < -0.39 is 47.3 Å². The lowest BCUT2D eigenvalue weighted by Gasteiger charge is -2.61. The molecule has 6 atom stereocenters. The van der Waals surface area contributed by atoms with E-state index >= 15 is 0 Å². The van der Waals surface area contributed by atoms with Crippen molar-refractivity contribution in [1.29, 1.82) is 5.26 Å². The number of nitriles is 1. The number of hydrogen-bond donors (Lipinski definition) is 2. The Morgan fingerprint density at radius 2 is 2.13 bits per heavy atom. The first-order chi connectivity index (χ1) is 12.8. The fraction of sp³-hybridized carbons (Fsp3) is 0.889. The molecule has 1 heterocycles. The van der Waals surface area contributed by atoms with Gasteiger partial charge in [-0.2, -0.15) is 5.26 Å². The van der Waals surface area contributed by atoms with Crippen LogP contribution in [0.5, 0.6) is 0 Å². The first-order valence-corrected chi connectivity index (χ1v) is 8.50. The quantitative estimate of drug-likeness (QED) is 0.799. The van der Waals surface area contributed by atoms with E-state index in [4.69, 9.17) is 12.6 Å². The number of likely N-dealkylation sites (tertiary alicyclic amines) is 1. The second-order valence-electron chi connectivity index (χ2n) is 8.33. The molecule has 5 saturated carbocycles. The molecule has 6 fully saturated rings. The van der Waals surface area contributed by atoms with Crippen LogP contribution in [-0.4, -0.2) is 39.6 Å². The number of nitrogens with two attached hydrogens (primary N) is 1. The van der Waals surface area contributed by atoms with E-state index in [1.807, 2.05) is 0 Å². The van der Waals surface area contributed by atoms with E-state index in [1.165, 1.54) is 0 Å². The first-order valence-electron chi connectivity index (χ1n) is 11.0. The van der Waals surface area contributed by atoms with Crippen LogP contribution >= 0.6 is 0 Å². The Morgan fingerprint density at radius 3 is 2.74 bits per heavy atom. The van der Waals surface area contributed by atoms with Crippen LogP contribution in [0.25, 0.3) is 0 Å². The van der Waals surface area contributed by atoms with E-state index in [1.54, 1.807) is 6.07 Å². The third-order valence-electron chi connectivity index (χ3n) is 6.60. The Morgan fingerprint density at radius 1 is 1.43 bits per heavy atom. The maximum atomic E-state index is 13.5. The van der Waals surface area contributed by atoms with Gasteiger partial charge in [0, 0.05) is 10.1 Å². The van der Waals surface area contributed by atoms with Crippen LogP contribution in [0, 0.1) is 34.5 Å². The number of piperidine rings is 1. The summed E-state index contributed by atoms with van der Waals surface area (Å²) >= 11 is 0. The van der Waals surface area contributed by atoms with Crippen LogP contribution in [0.15, 0.2) is 0 Å². The Labute approximate surface area is 143 Å². The fourth-order valence-electron chi connectivity index (χ4n) is 6.09. The summed E-state index contributed by atoms with van der Waals surface area (Å²) in [5.74, 6) is -2.43. The fourth-order valence-corrected chi connectivity index (χ4v) is 6.09. The second kappa shape index (κ2) is 4.29. The lowest BCUT2D eigenvalue weighted by Crippen LogP contribution is -2.64. The van der Waals surface area contributed by atoms with Gasteiger partial charge >= 0.3 is 0 Å². The predicted octanol–water partition coefficient (Wildman–Crippen LogP) is 1.16. The van der Waals surface area contributed by atoms with Crippen molar-refractivity contribution in [2.75, 3.05) is 0 Å². The van der Waals surface area contributed by atoms with E-state index in [0.29, 0.717) is 25.7 Å². The lowest BCUT2D eigenvalue weighted by atomic mass is 9.46. The molecule has 0 aromatic rings. The van der Waals surface area contributed by atoms with Crippen LogP contribution in [0.3, 0.4) is 0 Å². The van der Waals surface area contributed by atoms with Gasteiger partial charge in [0.2, 0.25) is 5.91 Å². The summed E-state index contributed by atoms with van der Waals surface area (Å²) in [6.07, 6.45) is 1.04. The molecule has 4 bridgehead atoms. The van der Waals surface area contributed by atoms with E-state index in [-0.39, 0.29) is 24.7 Å². The highest BCUT2D eigenvalue weighted by Crippen LogP contribution is 2.63. The number of nitrogens with zero attached hydrogens (tertiary/aromatic N) is 2. The van der Waals surface area contributed by atoms with Gasteiger partial charge in [0.05, 0.1) is 20.4 Å². The third-order valence-corrected chi connectivity index (χ3v) is 6.60. The number of carbonyl (C=O) groups is 1. The van der Waals surface area contributed by atoms with Crippen LogP contribution < -0.4 is 5.73 Å². The van der Waals surface area contributed by atoms with E-state index in [9.17, 15) is 15.2 Å². The highest BCUT2D eigenvalue weighted by Gasteiger charge is 2.62. The smallest absolute Gasteiger partial charge is 0.241 e. The van der Waals surface area contributed by atoms with Gasteiger partial charge < -0.3 is 15.7 Å². The minimum absolute atomic E-state index is 0.199. The zero-order valence-electron chi connectivity index (χ0n) is 18.0. The summed E-state index contributed by atoms with van der Waals surface area (Å²) in [6.45, 7) is 0. The molecule has 5 heteroatoms. The molecule has 6 rings (SSSR count). The summed E-state index contributed by atoms with van der Waals surface area (Å²) in [4.78, 5) is 14.3. The summed E-state index contributed by atoms with van der Waals surface area (Å²) in [5.41, 5.74) is 4.50. The standard InChI is InChI=1S/C18H25N3O2/c19-8-13-2-12-3-14(12)21(13)16(22)15(20)17-4-10-1-11(5-17)7-18(23,6-10)9-17/h10-15,23H,1-7,9,20H2/t10?,11?,12-,13+,14+,15-,17?,18?/m1/s1/i2D2,12D,14D,15D. The summed E-state index contributed by atoms with van der Waals surface area (Å²) in [5, 5.41) is 20.5. The number of rotatable bonds is 2. The molecule has 0 radical (unpaired) electrons. The van der Waals surface area contributed by atoms with Crippen LogP contribution in [-0.2, 0) is 4.79 Å². The monoisotopic (exact) mass is 320 g/mol. The zero-order chi connectivity index (χ0) is 20.5. The van der Waals surface area contributed by atoms with Crippen LogP contribution in [0.1, 0.15) is 58.2 Å². The van der Waals surface area contributed by atoms with E-state index in [2.05, 4.69) is 0 Å². The van der Waals surface area contributed by atoms with Crippen molar-refractivity contribution in [2.24, 2.45) is 28.9 Å². The molecule has 6 aliphatic rings. The third kappa shape index (κ3) is 1.88. The molecule has 0 aromatic carbocycles. The Balaban J connectivity index is 1.55. The number of fused-ring (bicyclic) bond motifs is 1. The van der Waals surface area contributed by atoms with Gasteiger partial charge in [0.15, 0.2) is 0 Å². The first kappa shape index (κ1) is 10.0. The van der Waals surface area contributed by atoms with Crippen LogP contribution in [0.2, 0.25) is 0 Å². The minimum Gasteiger partial charge on any atom is -0.390 e. The van der Waals surface area contributed by atoms with Crippen molar-refractivity contribution in [3.8, 4) is 6.07 Å². The normalized spacial score (nSPS) is 66.9. The van der Waals surface area contributed by atoms with Crippen LogP contribution in [0.4, 0.5) is 0 Å². The minimum atomic E-state index is -2.37. The maximum absolute atomic E-state index is 13.5. The van der Waals surface area contributed by atoms with Gasteiger partial charge in [-0.1, -0.05) is 0 Å². The van der Waals surface area contributed by atoms with Crippen molar-refractivity contribution in [3.63, 3.8) is 0 Å². The maximum Gasteiger partial charge on any atom is 0.241 e. The lowest BCUT2D eigenvalue weighted by molar-refractivity contribution is -0.177. The molecule has 3 N–H and O–H groups in total. The number of aliphatic hydroxyl groups is 1. The van der Waals surface area contributed by atoms with Crippen molar-refractivity contribution < 1.29 is 16.8 Å². The molecule has 0 spiro atoms. The van der Waals surface area contributed by atoms with Gasteiger partial charge in [-0.05, 0) is 74.5 Å². The van der Waals surface area contributed by atoms with Crippen molar-refractivity contribution in [2.45, 2.75) is 75.0 Å². The highest BCUT2D eigenvalue weighted by atomic mass is 16.3. The molecule has 5 nitrogen and oxygen atoms in total. The molecule has 5 aliphatic carbocycles. The molecular weight excluding hydrogens is 290 g/mol. The molecular formula is C18H25N3O2.